The van der Waals surface area contributed by atoms with Crippen LogP contribution < -0.4 is 0 Å². The van der Waals surface area contributed by atoms with Crippen molar-refractivity contribution >= 4 is 5.71 Å². The SMILES string of the molecule is CC1=NC2=CC(CCN(C)C)C=CC2=C1C. The van der Waals surface area contributed by atoms with E-state index in [-0.39, 0.29) is 0 Å². The zero-order valence-corrected chi connectivity index (χ0v) is 10.6. The molecule has 2 rings (SSSR count). The normalized spacial score (nSPS) is 23.7. The Hall–Kier alpha value is -1.15. The summed E-state index contributed by atoms with van der Waals surface area (Å²) in [6.07, 6.45) is 8.03. The molecule has 2 heteroatoms. The van der Waals surface area contributed by atoms with Crippen LogP contribution >= 0.6 is 0 Å². The lowest BCUT2D eigenvalue weighted by molar-refractivity contribution is 0.386. The van der Waals surface area contributed by atoms with E-state index in [2.05, 4.69) is 56.1 Å². The van der Waals surface area contributed by atoms with Crippen LogP contribution in [0.25, 0.3) is 0 Å². The molecule has 86 valence electrons. The van der Waals surface area contributed by atoms with Gasteiger partial charge in [0.1, 0.15) is 0 Å². The Bertz CT molecular complexity index is 408. The van der Waals surface area contributed by atoms with Crippen LogP contribution in [0, 0.1) is 5.92 Å². The van der Waals surface area contributed by atoms with Gasteiger partial charge in [-0.1, -0.05) is 18.2 Å². The second-order valence-corrected chi connectivity index (χ2v) is 4.90. The van der Waals surface area contributed by atoms with E-state index in [4.69, 9.17) is 0 Å². The van der Waals surface area contributed by atoms with Crippen molar-refractivity contribution in [2.45, 2.75) is 20.3 Å². The van der Waals surface area contributed by atoms with E-state index >= 15 is 0 Å². The van der Waals surface area contributed by atoms with Crippen molar-refractivity contribution in [1.29, 1.82) is 0 Å². The molecule has 0 fully saturated rings. The Kier molecular flexibility index (Phi) is 3.10. The highest BCUT2D eigenvalue weighted by molar-refractivity contribution is 6.03. The number of rotatable bonds is 3. The molecule has 1 aliphatic carbocycles. The van der Waals surface area contributed by atoms with E-state index in [0.717, 1.165) is 6.54 Å². The first kappa shape index (κ1) is 11.3. The molecular formula is C14H20N2. The van der Waals surface area contributed by atoms with Gasteiger partial charge in [-0.25, -0.2) is 0 Å². The molecule has 1 aliphatic heterocycles. The summed E-state index contributed by atoms with van der Waals surface area (Å²) < 4.78 is 0. The van der Waals surface area contributed by atoms with Gasteiger partial charge in [0.15, 0.2) is 0 Å². The first-order valence-corrected chi connectivity index (χ1v) is 5.89. The number of fused-ring (bicyclic) bond motifs is 1. The van der Waals surface area contributed by atoms with Gasteiger partial charge in [0.25, 0.3) is 0 Å². The average Bonchev–Trinajstić information content (AvgIpc) is 2.52. The van der Waals surface area contributed by atoms with E-state index in [1.807, 2.05) is 0 Å². The minimum Gasteiger partial charge on any atom is -0.309 e. The van der Waals surface area contributed by atoms with Crippen molar-refractivity contribution < 1.29 is 0 Å². The van der Waals surface area contributed by atoms with Gasteiger partial charge in [-0.3, -0.25) is 4.99 Å². The molecule has 0 bridgehead atoms. The topological polar surface area (TPSA) is 15.6 Å². The van der Waals surface area contributed by atoms with Crippen molar-refractivity contribution in [2.24, 2.45) is 10.9 Å². The molecule has 0 N–H and O–H groups in total. The Morgan fingerprint density at radius 3 is 2.75 bits per heavy atom. The molecule has 2 nitrogen and oxygen atoms in total. The fraction of sp³-hybridized carbons (Fsp3) is 0.500. The van der Waals surface area contributed by atoms with Gasteiger partial charge in [-0.05, 0) is 52.4 Å². The minimum atomic E-state index is 0.545. The first-order chi connectivity index (χ1) is 7.58. The maximum absolute atomic E-state index is 4.61. The zero-order valence-electron chi connectivity index (χ0n) is 10.6. The van der Waals surface area contributed by atoms with Crippen molar-refractivity contribution in [3.8, 4) is 0 Å². The number of nitrogens with zero attached hydrogens (tertiary/aromatic N) is 2. The van der Waals surface area contributed by atoms with Crippen LogP contribution in [0.4, 0.5) is 0 Å². The lowest BCUT2D eigenvalue weighted by Crippen LogP contribution is -2.16. The second kappa shape index (κ2) is 4.38. The molecule has 16 heavy (non-hydrogen) atoms. The van der Waals surface area contributed by atoms with Crippen molar-refractivity contribution in [3.63, 3.8) is 0 Å². The number of hydrogen-bond acceptors (Lipinski definition) is 2. The Morgan fingerprint density at radius 2 is 2.06 bits per heavy atom. The molecule has 0 saturated carbocycles. The zero-order chi connectivity index (χ0) is 11.7. The van der Waals surface area contributed by atoms with Crippen LogP contribution in [0.15, 0.2) is 40.1 Å². The first-order valence-electron chi connectivity index (χ1n) is 5.89. The van der Waals surface area contributed by atoms with Crippen LogP contribution in [-0.2, 0) is 0 Å². The third kappa shape index (κ3) is 2.17. The lowest BCUT2D eigenvalue weighted by atomic mass is 9.93. The summed E-state index contributed by atoms with van der Waals surface area (Å²) in [5.41, 5.74) is 4.99. The Balaban J connectivity index is 2.10. The molecule has 0 radical (unpaired) electrons. The van der Waals surface area contributed by atoms with E-state index in [0.29, 0.717) is 5.92 Å². The summed E-state index contributed by atoms with van der Waals surface area (Å²) in [6.45, 7) is 5.36. The van der Waals surface area contributed by atoms with E-state index in [1.165, 1.54) is 29.0 Å². The minimum absolute atomic E-state index is 0.545. The molecule has 0 aromatic carbocycles. The molecule has 1 heterocycles. The van der Waals surface area contributed by atoms with Crippen molar-refractivity contribution in [1.82, 2.24) is 4.90 Å². The smallest absolute Gasteiger partial charge is 0.0674 e. The molecule has 0 spiro atoms. The molecule has 1 atom stereocenters. The number of allylic oxidation sites excluding steroid dienone is 4. The lowest BCUT2D eigenvalue weighted by Gasteiger charge is -2.16. The third-order valence-corrected chi connectivity index (χ3v) is 3.30. The van der Waals surface area contributed by atoms with Crippen LogP contribution in [0.2, 0.25) is 0 Å². The largest absolute Gasteiger partial charge is 0.309 e. The second-order valence-electron chi connectivity index (χ2n) is 4.90. The fourth-order valence-electron chi connectivity index (χ4n) is 2.11. The summed E-state index contributed by atoms with van der Waals surface area (Å²) in [6, 6.07) is 0. The van der Waals surface area contributed by atoms with Gasteiger partial charge in [0, 0.05) is 11.3 Å². The molecule has 0 aromatic rings. The summed E-state index contributed by atoms with van der Waals surface area (Å²) in [5, 5.41) is 0. The standard InChI is InChI=1S/C14H20N2/c1-10-11(2)15-14-9-12(5-6-13(10)14)7-8-16(3)4/h5-6,9,12H,7-8H2,1-4H3. The van der Waals surface area contributed by atoms with Gasteiger partial charge in [-0.15, -0.1) is 0 Å². The highest BCUT2D eigenvalue weighted by Gasteiger charge is 2.19. The quantitative estimate of drug-likeness (QED) is 0.708. The van der Waals surface area contributed by atoms with E-state index < -0.39 is 0 Å². The molecule has 0 saturated heterocycles. The van der Waals surface area contributed by atoms with Gasteiger partial charge >= 0.3 is 0 Å². The predicted molar refractivity (Wildman–Crippen MR) is 69.7 cm³/mol. The Labute approximate surface area is 98.1 Å². The summed E-state index contributed by atoms with van der Waals surface area (Å²) >= 11 is 0. The van der Waals surface area contributed by atoms with Gasteiger partial charge in [0.2, 0.25) is 0 Å². The van der Waals surface area contributed by atoms with Gasteiger partial charge in [0.05, 0.1) is 5.70 Å². The summed E-state index contributed by atoms with van der Waals surface area (Å²) in [7, 11) is 4.24. The maximum atomic E-state index is 4.61. The molecule has 2 aliphatic rings. The van der Waals surface area contributed by atoms with Crippen LogP contribution in [0.5, 0.6) is 0 Å². The fourth-order valence-corrected chi connectivity index (χ4v) is 2.11. The van der Waals surface area contributed by atoms with E-state index in [1.54, 1.807) is 0 Å². The van der Waals surface area contributed by atoms with Crippen LogP contribution in [0.1, 0.15) is 20.3 Å². The number of aliphatic imine (C=N–C) groups is 1. The van der Waals surface area contributed by atoms with Gasteiger partial charge < -0.3 is 4.90 Å². The van der Waals surface area contributed by atoms with Crippen molar-refractivity contribution in [2.75, 3.05) is 20.6 Å². The number of hydrogen-bond donors (Lipinski definition) is 0. The highest BCUT2D eigenvalue weighted by Crippen LogP contribution is 2.32. The monoisotopic (exact) mass is 216 g/mol. The average molecular weight is 216 g/mol. The summed E-state index contributed by atoms with van der Waals surface area (Å²) in [4.78, 5) is 6.84. The highest BCUT2D eigenvalue weighted by atomic mass is 15.0. The maximum Gasteiger partial charge on any atom is 0.0674 e. The van der Waals surface area contributed by atoms with Crippen LogP contribution in [0.3, 0.4) is 0 Å². The molecule has 0 amide bonds. The molecule has 0 aromatic heterocycles. The van der Waals surface area contributed by atoms with Gasteiger partial charge in [-0.2, -0.15) is 0 Å². The predicted octanol–water partition coefficient (Wildman–Crippen LogP) is 2.80. The van der Waals surface area contributed by atoms with Crippen molar-refractivity contribution in [3.05, 3.63) is 35.1 Å². The van der Waals surface area contributed by atoms with E-state index in [9.17, 15) is 0 Å². The third-order valence-electron chi connectivity index (χ3n) is 3.30. The van der Waals surface area contributed by atoms with Crippen LogP contribution in [-0.4, -0.2) is 31.3 Å². The summed E-state index contributed by atoms with van der Waals surface area (Å²) in [5.74, 6) is 0.545. The Morgan fingerprint density at radius 1 is 1.31 bits per heavy atom. The molecular weight excluding hydrogens is 196 g/mol. The molecule has 1 unspecified atom stereocenters.